The van der Waals surface area contributed by atoms with Crippen LogP contribution >= 0.6 is 15.9 Å². The van der Waals surface area contributed by atoms with Crippen LogP contribution in [0.4, 0.5) is 59.7 Å². The third kappa shape index (κ3) is 6.30. The summed E-state index contributed by atoms with van der Waals surface area (Å²) in [7, 11) is 0. The normalized spacial score (nSPS) is 12.8. The molecule has 0 aromatic heterocycles. The van der Waals surface area contributed by atoms with Crippen LogP contribution in [0.5, 0.6) is 0 Å². The Bertz CT molecular complexity index is 1200. The topological polar surface area (TPSA) is 67.4 Å². The number of carbonyl (C=O) groups is 2. The van der Waals surface area contributed by atoms with Gasteiger partial charge in [0.2, 0.25) is 0 Å². The molecule has 38 heavy (non-hydrogen) atoms. The minimum atomic E-state index is -6.71. The van der Waals surface area contributed by atoms with Crippen molar-refractivity contribution in [3.05, 3.63) is 57.3 Å². The molecule has 17 heteroatoms. The summed E-state index contributed by atoms with van der Waals surface area (Å²) >= 11 is 2.33. The molecule has 2 aromatic carbocycles. The minimum Gasteiger partial charge on any atom is -0.465 e. The predicted octanol–water partition coefficient (Wildman–Crippen LogP) is 7.12. The first-order chi connectivity index (χ1) is 17.3. The third-order valence-corrected chi connectivity index (χ3v) is 5.41. The second-order valence-electron chi connectivity index (χ2n) is 7.31. The molecule has 0 aliphatic carbocycles. The van der Waals surface area contributed by atoms with Gasteiger partial charge in [0.15, 0.2) is 5.82 Å². The monoisotopic (exact) mass is 630 g/mol. The maximum atomic E-state index is 14.8. The lowest BCUT2D eigenvalue weighted by atomic mass is 9.92. The number of alkyl halides is 10. The highest BCUT2D eigenvalue weighted by atomic mass is 79.9. The molecule has 210 valence electrons. The van der Waals surface area contributed by atoms with E-state index in [1.807, 2.05) is 0 Å². The number of ether oxygens (including phenoxy) is 1. The van der Waals surface area contributed by atoms with Gasteiger partial charge in [-0.2, -0.15) is 39.5 Å². The number of nitrogens with one attached hydrogen (secondary N) is 2. The van der Waals surface area contributed by atoms with E-state index in [1.54, 1.807) is 5.32 Å². The number of carbonyl (C=O) groups excluding carboxylic acids is 2. The Morgan fingerprint density at radius 1 is 0.947 bits per heavy atom. The van der Waals surface area contributed by atoms with Crippen LogP contribution in [-0.2, 0) is 21.4 Å². The van der Waals surface area contributed by atoms with Crippen LogP contribution in [0.3, 0.4) is 0 Å². The summed E-state index contributed by atoms with van der Waals surface area (Å²) in [5.41, 5.74) is -13.8. The van der Waals surface area contributed by atoms with Gasteiger partial charge < -0.3 is 15.4 Å². The number of anilines is 2. The van der Waals surface area contributed by atoms with Crippen molar-refractivity contribution in [3.8, 4) is 0 Å². The van der Waals surface area contributed by atoms with Crippen LogP contribution in [0.2, 0.25) is 0 Å². The third-order valence-electron chi connectivity index (χ3n) is 4.79. The van der Waals surface area contributed by atoms with Crippen molar-refractivity contribution < 1.29 is 62.6 Å². The van der Waals surface area contributed by atoms with Crippen molar-refractivity contribution >= 4 is 39.2 Å². The molecule has 2 rings (SSSR count). The quantitative estimate of drug-likeness (QED) is 0.252. The molecule has 0 saturated carbocycles. The van der Waals surface area contributed by atoms with E-state index in [4.69, 9.17) is 0 Å². The first-order valence-electron chi connectivity index (χ1n) is 9.98. The Morgan fingerprint density at radius 2 is 1.53 bits per heavy atom. The zero-order chi connectivity index (χ0) is 29.3. The maximum Gasteiger partial charge on any atom is 0.435 e. The summed E-state index contributed by atoms with van der Waals surface area (Å²) in [6.45, 7) is 0.920. The lowest BCUT2D eigenvalue weighted by molar-refractivity contribution is -0.348. The standard InChI is InChI=1S/C21H14BrF11N2O3/c1-2-38-14(36)8-34-13-5-3-4-10(15(13)23)17(37)35-16-11(19(25,26)27)6-9(7-12(16)22)18(24,20(28,29)30)21(31,32)33/h3-7,34H,2,8H2,1H3,(H,35,37). The van der Waals surface area contributed by atoms with Crippen LogP contribution in [0, 0.1) is 5.82 Å². The van der Waals surface area contributed by atoms with E-state index >= 15 is 0 Å². The molecule has 0 aliphatic heterocycles. The van der Waals surface area contributed by atoms with Crippen molar-refractivity contribution in [2.45, 2.75) is 31.1 Å². The second kappa shape index (κ2) is 10.9. The number of hydrogen-bond acceptors (Lipinski definition) is 4. The van der Waals surface area contributed by atoms with E-state index in [-0.39, 0.29) is 12.7 Å². The summed E-state index contributed by atoms with van der Waals surface area (Å²) in [5.74, 6) is -3.80. The molecular weight excluding hydrogens is 617 g/mol. The average molecular weight is 631 g/mol. The van der Waals surface area contributed by atoms with Gasteiger partial charge in [-0.05, 0) is 47.1 Å². The molecule has 0 radical (unpaired) electrons. The van der Waals surface area contributed by atoms with Gasteiger partial charge in [-0.25, -0.2) is 8.78 Å². The van der Waals surface area contributed by atoms with Crippen molar-refractivity contribution in [2.75, 3.05) is 23.8 Å². The van der Waals surface area contributed by atoms with Gasteiger partial charge in [-0.15, -0.1) is 0 Å². The van der Waals surface area contributed by atoms with E-state index in [0.717, 1.165) is 18.2 Å². The number of rotatable bonds is 7. The highest BCUT2D eigenvalue weighted by molar-refractivity contribution is 9.10. The Hall–Kier alpha value is -3.11. The molecule has 0 atom stereocenters. The summed E-state index contributed by atoms with van der Waals surface area (Å²) in [6, 6.07) is 1.90. The highest BCUT2D eigenvalue weighted by Gasteiger charge is 2.73. The average Bonchev–Trinajstić information content (AvgIpc) is 2.76. The van der Waals surface area contributed by atoms with Gasteiger partial charge in [0.05, 0.1) is 29.1 Å². The van der Waals surface area contributed by atoms with E-state index in [0.29, 0.717) is 0 Å². The molecule has 1 amide bonds. The van der Waals surface area contributed by atoms with Crippen molar-refractivity contribution in [2.24, 2.45) is 0 Å². The molecule has 0 saturated heterocycles. The fraction of sp³-hybridized carbons (Fsp3) is 0.333. The summed E-state index contributed by atoms with van der Waals surface area (Å²) in [5, 5.41) is 3.84. The smallest absolute Gasteiger partial charge is 0.435 e. The molecular formula is C21H14BrF11N2O3. The Balaban J connectivity index is 2.56. The number of benzene rings is 2. The number of amides is 1. The van der Waals surface area contributed by atoms with E-state index < -0.39 is 87.0 Å². The molecule has 0 aliphatic rings. The molecule has 0 heterocycles. The van der Waals surface area contributed by atoms with Gasteiger partial charge >= 0.3 is 30.2 Å². The van der Waals surface area contributed by atoms with Crippen LogP contribution < -0.4 is 10.6 Å². The SMILES string of the molecule is CCOC(=O)CNc1cccc(C(=O)Nc2c(Br)cc(C(F)(C(F)(F)F)C(F)(F)F)cc2C(F)(F)F)c1F. The largest absolute Gasteiger partial charge is 0.465 e. The first kappa shape index (κ1) is 31.1. The number of halogens is 12. The molecule has 0 unspecified atom stereocenters. The zero-order valence-electron chi connectivity index (χ0n) is 18.6. The van der Waals surface area contributed by atoms with Crippen LogP contribution in [-0.4, -0.2) is 37.4 Å². The van der Waals surface area contributed by atoms with E-state index in [2.05, 4.69) is 26.0 Å². The van der Waals surface area contributed by atoms with Gasteiger partial charge in [0.1, 0.15) is 6.54 Å². The van der Waals surface area contributed by atoms with Gasteiger partial charge in [0.25, 0.3) is 5.91 Å². The van der Waals surface area contributed by atoms with Crippen molar-refractivity contribution in [1.82, 2.24) is 0 Å². The Labute approximate surface area is 214 Å². The highest BCUT2D eigenvalue weighted by Crippen LogP contribution is 2.55. The minimum absolute atomic E-state index is 0.00385. The second-order valence-corrected chi connectivity index (χ2v) is 8.17. The Kier molecular flexibility index (Phi) is 8.96. The van der Waals surface area contributed by atoms with Crippen LogP contribution in [0.25, 0.3) is 0 Å². The van der Waals surface area contributed by atoms with Gasteiger partial charge in [0, 0.05) is 10.0 Å². The molecule has 0 bridgehead atoms. The maximum absolute atomic E-state index is 14.8. The molecule has 2 aromatic rings. The fourth-order valence-corrected chi connectivity index (χ4v) is 3.61. The van der Waals surface area contributed by atoms with Crippen LogP contribution in [0.1, 0.15) is 28.4 Å². The van der Waals surface area contributed by atoms with Crippen LogP contribution in [0.15, 0.2) is 34.8 Å². The van der Waals surface area contributed by atoms with Crippen molar-refractivity contribution in [3.63, 3.8) is 0 Å². The molecule has 0 spiro atoms. The zero-order valence-corrected chi connectivity index (χ0v) is 20.1. The van der Waals surface area contributed by atoms with E-state index in [9.17, 15) is 57.9 Å². The van der Waals surface area contributed by atoms with E-state index in [1.165, 1.54) is 6.92 Å². The fourth-order valence-electron chi connectivity index (χ4n) is 3.05. The lowest BCUT2D eigenvalue weighted by Gasteiger charge is -2.31. The molecule has 0 fully saturated rings. The Morgan fingerprint density at radius 3 is 2.03 bits per heavy atom. The van der Waals surface area contributed by atoms with Crippen molar-refractivity contribution in [1.29, 1.82) is 0 Å². The summed E-state index contributed by atoms with van der Waals surface area (Å²) in [6.07, 6.45) is -19.1. The van der Waals surface area contributed by atoms with Gasteiger partial charge in [-0.3, -0.25) is 9.59 Å². The molecule has 2 N–H and O–H groups in total. The first-order valence-corrected chi connectivity index (χ1v) is 10.8. The molecule has 5 nitrogen and oxygen atoms in total. The summed E-state index contributed by atoms with van der Waals surface area (Å²) < 4.78 is 152. The number of hydrogen-bond donors (Lipinski definition) is 2. The summed E-state index contributed by atoms with van der Waals surface area (Å²) in [4.78, 5) is 24.0. The predicted molar refractivity (Wildman–Crippen MR) is 114 cm³/mol. The van der Waals surface area contributed by atoms with Gasteiger partial charge in [-0.1, -0.05) is 6.07 Å². The lowest BCUT2D eigenvalue weighted by Crippen LogP contribution is -2.50. The number of esters is 1.